The molecule has 1 unspecified atom stereocenters. The maximum atomic E-state index is 14.0. The molecule has 0 aliphatic heterocycles. The third kappa shape index (κ3) is 6.56. The van der Waals surface area contributed by atoms with Gasteiger partial charge in [-0.1, -0.05) is 38.0 Å². The Hall–Kier alpha value is -2.41. The zero-order valence-corrected chi connectivity index (χ0v) is 16.5. The number of allylic oxidation sites excluding steroid dienone is 1. The summed E-state index contributed by atoms with van der Waals surface area (Å²) in [5.41, 5.74) is 0.314. The molecule has 5 atom stereocenters. The van der Waals surface area contributed by atoms with Crippen molar-refractivity contribution in [1.29, 1.82) is 0 Å². The number of rotatable bonds is 10. The van der Waals surface area contributed by atoms with E-state index in [0.717, 1.165) is 12.8 Å². The summed E-state index contributed by atoms with van der Waals surface area (Å²) >= 11 is 0. The van der Waals surface area contributed by atoms with Crippen LogP contribution in [0.15, 0.2) is 42.2 Å². The molecule has 0 spiro atoms. The predicted octanol–water partition coefficient (Wildman–Crippen LogP) is 4.04. The zero-order valence-electron chi connectivity index (χ0n) is 16.5. The number of carbonyl (C=O) groups is 2. The van der Waals surface area contributed by atoms with Crippen molar-refractivity contribution in [2.75, 3.05) is 0 Å². The van der Waals surface area contributed by atoms with Gasteiger partial charge in [0, 0.05) is 18.8 Å². The molecule has 29 heavy (non-hydrogen) atoms. The molecule has 1 aromatic carbocycles. The fraction of sp³-hybridized carbons (Fsp3) is 0.545. The lowest BCUT2D eigenvalue weighted by atomic mass is 9.88. The Morgan fingerprint density at radius 1 is 1.28 bits per heavy atom. The van der Waals surface area contributed by atoms with Crippen LogP contribution in [0.2, 0.25) is 0 Å². The number of aliphatic hydroxyl groups is 2. The number of aliphatic carboxylic acids is 1. The second kappa shape index (κ2) is 11.0. The summed E-state index contributed by atoms with van der Waals surface area (Å²) in [7, 11) is 0. The van der Waals surface area contributed by atoms with Gasteiger partial charge in [-0.2, -0.15) is 0 Å². The molecule has 6 nitrogen and oxygen atoms in total. The molecule has 1 aromatic rings. The number of carboxylic acids is 1. The number of halogens is 1. The van der Waals surface area contributed by atoms with E-state index in [-0.39, 0.29) is 18.6 Å². The average molecular weight is 408 g/mol. The molecule has 1 fully saturated rings. The summed E-state index contributed by atoms with van der Waals surface area (Å²) in [6, 6.07) is 8.27. The number of aliphatic hydroxyl groups excluding tert-OH is 2. The number of unbranched alkanes of at least 4 members (excludes halogenated alkanes) is 1. The van der Waals surface area contributed by atoms with E-state index in [9.17, 15) is 29.3 Å². The lowest BCUT2D eigenvalue weighted by Gasteiger charge is -2.24. The summed E-state index contributed by atoms with van der Waals surface area (Å²) in [6.45, 7) is 1.96. The molecule has 0 saturated heterocycles. The van der Waals surface area contributed by atoms with Gasteiger partial charge in [-0.25, -0.2) is 9.18 Å². The first-order chi connectivity index (χ1) is 13.8. The van der Waals surface area contributed by atoms with Crippen molar-refractivity contribution in [2.45, 2.75) is 63.8 Å². The molecule has 1 aliphatic carbocycles. The fourth-order valence-corrected chi connectivity index (χ4v) is 3.78. The smallest absolute Gasteiger partial charge is 0.338 e. The molecule has 0 radical (unpaired) electrons. The molecule has 1 saturated carbocycles. The Balaban J connectivity index is 2.17. The van der Waals surface area contributed by atoms with Crippen LogP contribution in [0.1, 0.15) is 55.8 Å². The number of benzene rings is 1. The Morgan fingerprint density at radius 2 is 1.97 bits per heavy atom. The number of ether oxygens (including phenoxy) is 1. The van der Waals surface area contributed by atoms with E-state index in [1.54, 1.807) is 30.3 Å². The lowest BCUT2D eigenvalue weighted by molar-refractivity contribution is -0.139. The summed E-state index contributed by atoms with van der Waals surface area (Å²) in [5.74, 6) is -3.72. The first-order valence-corrected chi connectivity index (χ1v) is 10.0. The first-order valence-electron chi connectivity index (χ1n) is 10.0. The van der Waals surface area contributed by atoms with E-state index >= 15 is 0 Å². The molecule has 3 N–H and O–H groups in total. The minimum atomic E-state index is -1.13. The van der Waals surface area contributed by atoms with Crippen molar-refractivity contribution in [2.24, 2.45) is 11.8 Å². The van der Waals surface area contributed by atoms with Crippen LogP contribution in [-0.2, 0) is 9.53 Å². The first kappa shape index (κ1) is 22.9. The summed E-state index contributed by atoms with van der Waals surface area (Å²) in [4.78, 5) is 23.6. The molecule has 1 aliphatic rings. The number of alkyl halides is 1. The molecular formula is C22H29FO6. The van der Waals surface area contributed by atoms with Crippen molar-refractivity contribution >= 4 is 11.9 Å². The van der Waals surface area contributed by atoms with Crippen molar-refractivity contribution < 1.29 is 34.0 Å². The molecule has 0 aromatic heterocycles. The highest BCUT2D eigenvalue weighted by atomic mass is 19.1. The third-order valence-corrected chi connectivity index (χ3v) is 5.30. The number of carbonyl (C=O) groups excluding carboxylic acids is 1. The quantitative estimate of drug-likeness (QED) is 0.399. The van der Waals surface area contributed by atoms with Gasteiger partial charge >= 0.3 is 11.9 Å². The largest absolute Gasteiger partial charge is 0.512 e. The zero-order chi connectivity index (χ0) is 21.4. The van der Waals surface area contributed by atoms with Gasteiger partial charge in [-0.3, -0.25) is 4.79 Å². The lowest BCUT2D eigenvalue weighted by Crippen LogP contribution is -2.29. The molecule has 0 heterocycles. The minimum Gasteiger partial charge on any atom is -0.512 e. The number of esters is 1. The van der Waals surface area contributed by atoms with E-state index in [1.165, 1.54) is 6.08 Å². The predicted molar refractivity (Wildman–Crippen MR) is 105 cm³/mol. The van der Waals surface area contributed by atoms with Gasteiger partial charge < -0.3 is 20.1 Å². The van der Waals surface area contributed by atoms with Crippen LogP contribution < -0.4 is 0 Å². The maximum Gasteiger partial charge on any atom is 0.338 e. The van der Waals surface area contributed by atoms with E-state index in [4.69, 9.17) is 4.74 Å². The molecule has 0 amide bonds. The van der Waals surface area contributed by atoms with Crippen molar-refractivity contribution in [3.05, 3.63) is 47.7 Å². The highest BCUT2D eigenvalue weighted by molar-refractivity contribution is 5.89. The third-order valence-electron chi connectivity index (χ3n) is 5.30. The van der Waals surface area contributed by atoms with Gasteiger partial charge in [0.2, 0.25) is 0 Å². The fourth-order valence-electron chi connectivity index (χ4n) is 3.78. The van der Waals surface area contributed by atoms with Crippen LogP contribution in [-0.4, -0.2) is 45.6 Å². The van der Waals surface area contributed by atoms with Crippen molar-refractivity contribution in [3.8, 4) is 0 Å². The topological polar surface area (TPSA) is 104 Å². The summed E-state index contributed by atoms with van der Waals surface area (Å²) in [6.07, 6.45) is -0.177. The summed E-state index contributed by atoms with van der Waals surface area (Å²) in [5, 5.41) is 30.1. The molecular weight excluding hydrogens is 379 g/mol. The van der Waals surface area contributed by atoms with Gasteiger partial charge in [0.25, 0.3) is 0 Å². The Bertz CT molecular complexity index is 705. The van der Waals surface area contributed by atoms with Crippen LogP contribution >= 0.6 is 0 Å². The standard InChI is InChI=1S/C22H29FO6/c1-2-3-9-15(23)10-11-17(24)21-16(12-20(26)27)18(25)13-19(21)29-22(28)14-7-5-4-6-8-14/h4-8,11,15-16,18-19,21,24-25H,2-3,9-10,12-13H2,1H3,(H,26,27)/t15?,16-,18-,19+,21-/m0/s1. The van der Waals surface area contributed by atoms with Crippen LogP contribution in [0.3, 0.4) is 0 Å². The van der Waals surface area contributed by atoms with Crippen LogP contribution in [0, 0.1) is 11.8 Å². The maximum absolute atomic E-state index is 14.0. The molecule has 7 heteroatoms. The van der Waals surface area contributed by atoms with Crippen LogP contribution in [0.4, 0.5) is 4.39 Å². The number of hydrogen-bond donors (Lipinski definition) is 3. The Morgan fingerprint density at radius 3 is 2.59 bits per heavy atom. The number of carboxylic acid groups (broad SMARTS) is 1. The second-order valence-electron chi connectivity index (χ2n) is 7.50. The van der Waals surface area contributed by atoms with Gasteiger partial charge in [0.05, 0.1) is 29.8 Å². The Kier molecular flexibility index (Phi) is 8.64. The minimum absolute atomic E-state index is 0.00791. The molecule has 2 rings (SSSR count). The van der Waals surface area contributed by atoms with Gasteiger partial charge in [-0.15, -0.1) is 0 Å². The Labute approximate surface area is 170 Å². The van der Waals surface area contributed by atoms with Gasteiger partial charge in [-0.05, 0) is 24.6 Å². The SMILES string of the molecule is CCCCC(F)CC=C(O)[C@@H]1[C@@H](CC(=O)O)[C@@H](O)C[C@H]1OC(=O)c1ccccc1. The van der Waals surface area contributed by atoms with Gasteiger partial charge in [0.1, 0.15) is 12.3 Å². The van der Waals surface area contributed by atoms with Crippen molar-refractivity contribution in [3.63, 3.8) is 0 Å². The van der Waals surface area contributed by atoms with E-state index in [1.807, 2.05) is 6.92 Å². The highest BCUT2D eigenvalue weighted by Crippen LogP contribution is 2.41. The molecule has 160 valence electrons. The number of hydrogen-bond acceptors (Lipinski definition) is 5. The highest BCUT2D eigenvalue weighted by Gasteiger charge is 2.47. The monoisotopic (exact) mass is 408 g/mol. The van der Waals surface area contributed by atoms with E-state index in [2.05, 4.69) is 0 Å². The van der Waals surface area contributed by atoms with E-state index < -0.39 is 48.6 Å². The average Bonchev–Trinajstić information content (AvgIpc) is 2.99. The van der Waals surface area contributed by atoms with Crippen LogP contribution in [0.5, 0.6) is 0 Å². The van der Waals surface area contributed by atoms with Crippen molar-refractivity contribution in [1.82, 2.24) is 0 Å². The second-order valence-corrected chi connectivity index (χ2v) is 7.50. The summed E-state index contributed by atoms with van der Waals surface area (Å²) < 4.78 is 19.5. The van der Waals surface area contributed by atoms with Gasteiger partial charge in [0.15, 0.2) is 0 Å². The van der Waals surface area contributed by atoms with Crippen LogP contribution in [0.25, 0.3) is 0 Å². The normalized spacial score (nSPS) is 25.6. The van der Waals surface area contributed by atoms with E-state index in [0.29, 0.717) is 12.0 Å². The molecule has 0 bridgehead atoms.